The van der Waals surface area contributed by atoms with Crippen LogP contribution >= 0.6 is 0 Å². The molecule has 3 aromatic rings. The quantitative estimate of drug-likeness (QED) is 0.422. The Labute approximate surface area is 154 Å². The Morgan fingerprint density at radius 3 is 2.41 bits per heavy atom. The summed E-state index contributed by atoms with van der Waals surface area (Å²) in [5, 5.41) is 18.9. The molecule has 2 aromatic carbocycles. The zero-order chi connectivity index (χ0) is 18.8. The van der Waals surface area contributed by atoms with Crippen LogP contribution in [0.25, 0.3) is 17.4 Å². The van der Waals surface area contributed by atoms with Gasteiger partial charge in [-0.05, 0) is 36.4 Å². The third-order valence-electron chi connectivity index (χ3n) is 3.96. The molecular formula is C20H14N2O5. The molecule has 4 rings (SSSR count). The SMILES string of the molecule is O=C1OC(c2ccccc2)=NC1=Cc1ccc(-c2ccc([NH+]([O-])O)cc2)o1. The molecule has 1 aliphatic heterocycles. The molecule has 1 atom stereocenters. The van der Waals surface area contributed by atoms with Gasteiger partial charge in [0, 0.05) is 29.3 Å². The van der Waals surface area contributed by atoms with Gasteiger partial charge in [-0.1, -0.05) is 18.2 Å². The van der Waals surface area contributed by atoms with Gasteiger partial charge in [0.1, 0.15) is 11.5 Å². The van der Waals surface area contributed by atoms with Crippen molar-refractivity contribution in [3.05, 3.63) is 89.0 Å². The zero-order valence-electron chi connectivity index (χ0n) is 14.0. The molecule has 0 radical (unpaired) electrons. The summed E-state index contributed by atoms with van der Waals surface area (Å²) in [5.74, 6) is 0.704. The summed E-state index contributed by atoms with van der Waals surface area (Å²) in [6.07, 6.45) is 1.51. The second-order valence-corrected chi connectivity index (χ2v) is 5.79. The van der Waals surface area contributed by atoms with Crippen LogP contribution < -0.4 is 5.23 Å². The lowest BCUT2D eigenvalue weighted by Crippen LogP contribution is -2.99. The van der Waals surface area contributed by atoms with Crippen LogP contribution in [0, 0.1) is 5.21 Å². The van der Waals surface area contributed by atoms with Crippen LogP contribution in [-0.4, -0.2) is 17.1 Å². The predicted octanol–water partition coefficient (Wildman–Crippen LogP) is 2.69. The molecule has 0 saturated carbocycles. The summed E-state index contributed by atoms with van der Waals surface area (Å²) in [4.78, 5) is 16.3. The van der Waals surface area contributed by atoms with Gasteiger partial charge in [-0.2, -0.15) is 5.23 Å². The van der Waals surface area contributed by atoms with Crippen molar-refractivity contribution in [2.45, 2.75) is 0 Å². The van der Waals surface area contributed by atoms with Crippen LogP contribution in [0.1, 0.15) is 11.3 Å². The second kappa shape index (κ2) is 7.00. The molecule has 1 aliphatic rings. The fourth-order valence-corrected chi connectivity index (χ4v) is 2.61. The first-order chi connectivity index (χ1) is 13.1. The molecule has 134 valence electrons. The number of ether oxygens (including phenoxy) is 1. The molecule has 0 fully saturated rings. The molecular weight excluding hydrogens is 348 g/mol. The lowest BCUT2D eigenvalue weighted by molar-refractivity contribution is -0.991. The average molecular weight is 362 g/mol. The zero-order valence-corrected chi connectivity index (χ0v) is 14.0. The molecule has 7 nitrogen and oxygen atoms in total. The van der Waals surface area contributed by atoms with Crippen LogP contribution in [-0.2, 0) is 9.53 Å². The van der Waals surface area contributed by atoms with E-state index in [1.54, 1.807) is 36.4 Å². The van der Waals surface area contributed by atoms with E-state index in [4.69, 9.17) is 14.4 Å². The molecule has 1 aromatic heterocycles. The van der Waals surface area contributed by atoms with Crippen LogP contribution in [0.3, 0.4) is 0 Å². The van der Waals surface area contributed by atoms with E-state index < -0.39 is 11.2 Å². The second-order valence-electron chi connectivity index (χ2n) is 5.79. The van der Waals surface area contributed by atoms with E-state index in [1.165, 1.54) is 18.2 Å². The molecule has 2 N–H and O–H groups in total. The maximum absolute atomic E-state index is 12.0. The minimum absolute atomic E-state index is 0.149. The number of hydrogen-bond donors (Lipinski definition) is 2. The van der Waals surface area contributed by atoms with Gasteiger partial charge in [0.05, 0.1) is 0 Å². The maximum atomic E-state index is 12.0. The summed E-state index contributed by atoms with van der Waals surface area (Å²) in [7, 11) is 0. The molecule has 0 aliphatic carbocycles. The minimum Gasteiger partial charge on any atom is -0.595 e. The Balaban J connectivity index is 1.58. The predicted molar refractivity (Wildman–Crippen MR) is 97.0 cm³/mol. The number of cyclic esters (lactones) is 1. The molecule has 0 amide bonds. The molecule has 0 saturated heterocycles. The first kappa shape index (κ1) is 16.9. The lowest BCUT2D eigenvalue weighted by atomic mass is 10.1. The Morgan fingerprint density at radius 1 is 0.963 bits per heavy atom. The lowest BCUT2D eigenvalue weighted by Gasteiger charge is -2.11. The topological polar surface area (TPSA) is 99.5 Å². The average Bonchev–Trinajstić information content (AvgIpc) is 3.30. The summed E-state index contributed by atoms with van der Waals surface area (Å²) in [6, 6.07) is 18.9. The summed E-state index contributed by atoms with van der Waals surface area (Å²) in [6.45, 7) is 0. The fourth-order valence-electron chi connectivity index (χ4n) is 2.61. The van der Waals surface area contributed by atoms with Crippen molar-refractivity contribution in [2.75, 3.05) is 0 Å². The van der Waals surface area contributed by atoms with Gasteiger partial charge < -0.3 is 14.4 Å². The summed E-state index contributed by atoms with van der Waals surface area (Å²) >= 11 is 0. The number of esters is 1. The molecule has 7 heteroatoms. The number of rotatable bonds is 4. The van der Waals surface area contributed by atoms with E-state index in [-0.39, 0.29) is 17.3 Å². The van der Waals surface area contributed by atoms with Gasteiger partial charge >= 0.3 is 5.97 Å². The number of carbonyl (C=O) groups excluding carboxylic acids is 1. The number of nitrogens with zero attached hydrogens (tertiary/aromatic N) is 1. The Kier molecular flexibility index (Phi) is 4.39. The smallest absolute Gasteiger partial charge is 0.363 e. The standard InChI is InChI=1S/C20H14N2O5/c23-20-17(21-19(27-20)14-4-2-1-3-5-14)12-16-10-11-18(26-16)13-6-8-15(9-7-13)22(24)25/h1-12,22,24H. The van der Waals surface area contributed by atoms with Gasteiger partial charge in [0.15, 0.2) is 11.4 Å². The van der Waals surface area contributed by atoms with E-state index in [2.05, 4.69) is 4.99 Å². The number of nitrogens with one attached hydrogen (secondary N) is 1. The Morgan fingerprint density at radius 2 is 1.70 bits per heavy atom. The van der Waals surface area contributed by atoms with E-state index >= 15 is 0 Å². The highest BCUT2D eigenvalue weighted by atomic mass is 16.8. The summed E-state index contributed by atoms with van der Waals surface area (Å²) in [5.41, 5.74) is 1.79. The third kappa shape index (κ3) is 3.56. The Bertz CT molecular complexity index is 1030. The van der Waals surface area contributed by atoms with Crippen molar-refractivity contribution >= 4 is 23.6 Å². The van der Waals surface area contributed by atoms with Gasteiger partial charge in [-0.25, -0.2) is 15.0 Å². The Hall–Kier alpha value is -3.52. The van der Waals surface area contributed by atoms with Crippen molar-refractivity contribution < 1.29 is 24.4 Å². The first-order valence-electron chi connectivity index (χ1n) is 8.12. The van der Waals surface area contributed by atoms with Gasteiger partial charge in [-0.3, -0.25) is 0 Å². The number of carbonyl (C=O) groups is 1. The highest BCUT2D eigenvalue weighted by Gasteiger charge is 2.24. The first-order valence-corrected chi connectivity index (χ1v) is 8.12. The number of aliphatic imine (C=N–C) groups is 1. The van der Waals surface area contributed by atoms with Crippen LogP contribution in [0.2, 0.25) is 0 Å². The third-order valence-corrected chi connectivity index (χ3v) is 3.96. The number of hydrogen-bond acceptors (Lipinski definition) is 6. The molecule has 0 spiro atoms. The minimum atomic E-state index is -0.988. The monoisotopic (exact) mass is 362 g/mol. The molecule has 1 unspecified atom stereocenters. The van der Waals surface area contributed by atoms with Gasteiger partial charge in [-0.15, -0.1) is 0 Å². The van der Waals surface area contributed by atoms with Crippen molar-refractivity contribution in [1.82, 2.24) is 0 Å². The number of furan rings is 1. The van der Waals surface area contributed by atoms with Gasteiger partial charge in [0.2, 0.25) is 5.90 Å². The van der Waals surface area contributed by atoms with Crippen LogP contribution in [0.15, 0.2) is 81.8 Å². The fraction of sp³-hybridized carbons (Fsp3) is 0. The van der Waals surface area contributed by atoms with Crippen molar-refractivity contribution in [3.8, 4) is 11.3 Å². The van der Waals surface area contributed by atoms with E-state index in [0.717, 1.165) is 5.56 Å². The van der Waals surface area contributed by atoms with Crippen LogP contribution in [0.5, 0.6) is 0 Å². The van der Waals surface area contributed by atoms with Crippen LogP contribution in [0.4, 0.5) is 5.69 Å². The molecule has 2 heterocycles. The molecule has 0 bridgehead atoms. The largest absolute Gasteiger partial charge is 0.595 e. The normalized spacial score (nSPS) is 16.3. The van der Waals surface area contributed by atoms with Gasteiger partial charge in [0.25, 0.3) is 0 Å². The molecule has 27 heavy (non-hydrogen) atoms. The maximum Gasteiger partial charge on any atom is 0.363 e. The highest BCUT2D eigenvalue weighted by molar-refractivity contribution is 6.12. The van der Waals surface area contributed by atoms with Crippen molar-refractivity contribution in [1.29, 1.82) is 0 Å². The van der Waals surface area contributed by atoms with Crippen molar-refractivity contribution in [2.24, 2.45) is 4.99 Å². The van der Waals surface area contributed by atoms with E-state index in [1.807, 2.05) is 18.2 Å². The number of benzene rings is 2. The number of quaternary nitrogens is 1. The van der Waals surface area contributed by atoms with Crippen molar-refractivity contribution in [3.63, 3.8) is 0 Å². The highest BCUT2D eigenvalue weighted by Crippen LogP contribution is 2.25. The van der Waals surface area contributed by atoms with E-state index in [9.17, 15) is 10.0 Å². The van der Waals surface area contributed by atoms with E-state index in [0.29, 0.717) is 17.1 Å². The summed E-state index contributed by atoms with van der Waals surface area (Å²) < 4.78 is 10.9.